The van der Waals surface area contributed by atoms with E-state index in [1.807, 2.05) is 42.5 Å². The minimum Gasteiger partial charge on any atom is -0.493 e. The molecule has 0 unspecified atom stereocenters. The molecule has 0 aliphatic carbocycles. The molecule has 166 valence electrons. The minimum absolute atomic E-state index is 0.108. The Morgan fingerprint density at radius 2 is 1.77 bits per heavy atom. The molecule has 0 aliphatic rings. The Hall–Kier alpha value is -3.02. The van der Waals surface area contributed by atoms with E-state index in [2.05, 4.69) is 29.8 Å². The number of fused-ring (bicyclic) bond motifs is 1. The van der Waals surface area contributed by atoms with E-state index in [1.54, 1.807) is 7.11 Å². The highest BCUT2D eigenvalue weighted by Gasteiger charge is 2.14. The summed E-state index contributed by atoms with van der Waals surface area (Å²) in [7, 11) is 1.64. The van der Waals surface area contributed by atoms with Gasteiger partial charge in [0, 0.05) is 18.9 Å². The topological polar surface area (TPSA) is 65.4 Å². The van der Waals surface area contributed by atoms with Crippen molar-refractivity contribution in [3.8, 4) is 11.5 Å². The molecule has 6 nitrogen and oxygen atoms in total. The molecule has 0 bridgehead atoms. The zero-order chi connectivity index (χ0) is 22.1. The Labute approximate surface area is 184 Å². The van der Waals surface area contributed by atoms with Crippen LogP contribution in [0.15, 0.2) is 48.5 Å². The second-order valence-corrected chi connectivity index (χ2v) is 7.58. The van der Waals surface area contributed by atoms with Gasteiger partial charge in [0.2, 0.25) is 5.91 Å². The third-order valence-corrected chi connectivity index (χ3v) is 5.61. The summed E-state index contributed by atoms with van der Waals surface area (Å²) in [6.07, 6.45) is 3.41. The van der Waals surface area contributed by atoms with Crippen LogP contribution in [0.4, 0.5) is 0 Å². The van der Waals surface area contributed by atoms with Gasteiger partial charge >= 0.3 is 0 Å². The van der Waals surface area contributed by atoms with Crippen molar-refractivity contribution in [3.05, 3.63) is 54.4 Å². The lowest BCUT2D eigenvalue weighted by molar-refractivity contribution is -0.125. The monoisotopic (exact) mass is 423 g/mol. The molecule has 0 aliphatic heterocycles. The summed E-state index contributed by atoms with van der Waals surface area (Å²) < 4.78 is 13.6. The van der Waals surface area contributed by atoms with E-state index in [1.165, 1.54) is 0 Å². The number of amides is 1. The number of rotatable bonds is 12. The number of carbonyl (C=O) groups excluding carboxylic acids is 1. The van der Waals surface area contributed by atoms with Gasteiger partial charge in [0.05, 0.1) is 24.7 Å². The molecule has 0 spiro atoms. The molecule has 1 heterocycles. The van der Waals surface area contributed by atoms with Crippen LogP contribution in [0.1, 0.15) is 38.9 Å². The Morgan fingerprint density at radius 1 is 1.06 bits per heavy atom. The summed E-state index contributed by atoms with van der Waals surface area (Å²) in [6, 6.07) is 15.8. The number of nitrogens with zero attached hydrogens (tertiary/aromatic N) is 2. The third-order valence-electron chi connectivity index (χ3n) is 5.61. The average molecular weight is 424 g/mol. The van der Waals surface area contributed by atoms with Gasteiger partial charge in [0.25, 0.3) is 0 Å². The number of hydrogen-bond donors (Lipinski definition) is 1. The van der Waals surface area contributed by atoms with Gasteiger partial charge in [-0.1, -0.05) is 38.1 Å². The van der Waals surface area contributed by atoms with Gasteiger partial charge in [0.1, 0.15) is 12.4 Å². The highest BCUT2D eigenvalue weighted by Crippen LogP contribution is 2.26. The lowest BCUT2D eigenvalue weighted by atomic mass is 10.0. The van der Waals surface area contributed by atoms with Gasteiger partial charge in [-0.05, 0) is 43.5 Å². The predicted molar refractivity (Wildman–Crippen MR) is 124 cm³/mol. The van der Waals surface area contributed by atoms with Crippen LogP contribution >= 0.6 is 0 Å². The summed E-state index contributed by atoms with van der Waals surface area (Å²) in [5.74, 6) is 2.74. The number of aromatic nitrogens is 2. The molecule has 0 fully saturated rings. The number of para-hydroxylation sites is 4. The number of imidazole rings is 1. The predicted octanol–water partition coefficient (Wildman–Crippen LogP) is 4.61. The maximum Gasteiger partial charge on any atom is 0.223 e. The molecule has 0 saturated carbocycles. The Morgan fingerprint density at radius 3 is 2.52 bits per heavy atom. The van der Waals surface area contributed by atoms with Crippen molar-refractivity contribution in [2.45, 2.75) is 46.1 Å². The molecule has 31 heavy (non-hydrogen) atoms. The first-order valence-corrected chi connectivity index (χ1v) is 11.2. The van der Waals surface area contributed by atoms with Crippen molar-refractivity contribution in [1.29, 1.82) is 0 Å². The fourth-order valence-electron chi connectivity index (χ4n) is 3.81. The van der Waals surface area contributed by atoms with Crippen molar-refractivity contribution in [2.75, 3.05) is 20.3 Å². The lowest BCUT2D eigenvalue weighted by Crippen LogP contribution is -2.31. The molecule has 1 N–H and O–H groups in total. The van der Waals surface area contributed by atoms with Gasteiger partial charge in [0.15, 0.2) is 11.5 Å². The number of aryl methyl sites for hydroxylation is 1. The average Bonchev–Trinajstić information content (AvgIpc) is 3.15. The number of hydrogen-bond acceptors (Lipinski definition) is 4. The summed E-state index contributed by atoms with van der Waals surface area (Å²) in [4.78, 5) is 17.0. The highest BCUT2D eigenvalue weighted by atomic mass is 16.5. The lowest BCUT2D eigenvalue weighted by Gasteiger charge is -2.14. The molecule has 3 rings (SSSR count). The van der Waals surface area contributed by atoms with Crippen LogP contribution in [0.25, 0.3) is 11.0 Å². The summed E-state index contributed by atoms with van der Waals surface area (Å²) in [6.45, 7) is 5.98. The van der Waals surface area contributed by atoms with Gasteiger partial charge in [-0.3, -0.25) is 4.79 Å². The largest absolute Gasteiger partial charge is 0.493 e. The van der Waals surface area contributed by atoms with Crippen LogP contribution in [-0.2, 0) is 17.8 Å². The number of benzene rings is 2. The first kappa shape index (κ1) is 22.7. The van der Waals surface area contributed by atoms with Crippen LogP contribution in [0, 0.1) is 5.92 Å². The van der Waals surface area contributed by atoms with E-state index in [-0.39, 0.29) is 11.8 Å². The Kier molecular flexibility index (Phi) is 8.33. The van der Waals surface area contributed by atoms with Gasteiger partial charge in [-0.15, -0.1) is 0 Å². The third kappa shape index (κ3) is 5.78. The van der Waals surface area contributed by atoms with Gasteiger partial charge in [-0.2, -0.15) is 0 Å². The van der Waals surface area contributed by atoms with Gasteiger partial charge in [-0.25, -0.2) is 4.98 Å². The zero-order valence-electron chi connectivity index (χ0n) is 18.8. The van der Waals surface area contributed by atoms with Gasteiger partial charge < -0.3 is 19.4 Å². The molecule has 2 aromatic carbocycles. The number of carbonyl (C=O) groups is 1. The van der Waals surface area contributed by atoms with Crippen molar-refractivity contribution < 1.29 is 14.3 Å². The SMILES string of the molecule is CCC(CC)C(=O)NCCCc1nc2ccccc2n1CCOc1ccccc1OC. The molecule has 1 amide bonds. The highest BCUT2D eigenvalue weighted by molar-refractivity contribution is 5.78. The van der Waals surface area contributed by atoms with Crippen LogP contribution in [-0.4, -0.2) is 35.7 Å². The van der Waals surface area contributed by atoms with E-state index in [9.17, 15) is 4.79 Å². The van der Waals surface area contributed by atoms with Crippen LogP contribution < -0.4 is 14.8 Å². The molecule has 1 aromatic heterocycles. The molecule has 6 heteroatoms. The smallest absolute Gasteiger partial charge is 0.223 e. The standard InChI is InChI=1S/C25H33N3O3/c1-4-19(5-2)25(29)26-16-10-15-24-27-20-11-6-7-12-21(20)28(24)17-18-31-23-14-9-8-13-22(23)30-3/h6-9,11-14,19H,4-5,10,15-18H2,1-3H3,(H,26,29). The first-order valence-electron chi connectivity index (χ1n) is 11.2. The minimum atomic E-state index is 0.108. The van der Waals surface area contributed by atoms with E-state index in [0.717, 1.165) is 54.0 Å². The normalized spacial score (nSPS) is 11.1. The molecule has 0 saturated heterocycles. The van der Waals surface area contributed by atoms with E-state index >= 15 is 0 Å². The quantitative estimate of drug-likeness (QED) is 0.432. The molecular weight excluding hydrogens is 390 g/mol. The summed E-state index contributed by atoms with van der Waals surface area (Å²) >= 11 is 0. The van der Waals surface area contributed by atoms with Crippen molar-refractivity contribution >= 4 is 16.9 Å². The molecular formula is C25H33N3O3. The fraction of sp³-hybridized carbons (Fsp3) is 0.440. The van der Waals surface area contributed by atoms with E-state index in [4.69, 9.17) is 14.5 Å². The number of nitrogens with one attached hydrogen (secondary N) is 1. The number of ether oxygens (including phenoxy) is 2. The zero-order valence-corrected chi connectivity index (χ0v) is 18.8. The Balaban J connectivity index is 1.62. The first-order chi connectivity index (χ1) is 15.2. The summed E-state index contributed by atoms with van der Waals surface area (Å²) in [5, 5.41) is 3.07. The second kappa shape index (κ2) is 11.4. The van der Waals surface area contributed by atoms with Crippen LogP contribution in [0.2, 0.25) is 0 Å². The summed E-state index contributed by atoms with van der Waals surface area (Å²) in [5.41, 5.74) is 2.08. The van der Waals surface area contributed by atoms with Crippen LogP contribution in [0.5, 0.6) is 11.5 Å². The van der Waals surface area contributed by atoms with E-state index < -0.39 is 0 Å². The van der Waals surface area contributed by atoms with Crippen molar-refractivity contribution in [3.63, 3.8) is 0 Å². The van der Waals surface area contributed by atoms with Crippen LogP contribution in [0.3, 0.4) is 0 Å². The van der Waals surface area contributed by atoms with Crippen molar-refractivity contribution in [1.82, 2.24) is 14.9 Å². The Bertz CT molecular complexity index is 979. The van der Waals surface area contributed by atoms with Crippen molar-refractivity contribution in [2.24, 2.45) is 5.92 Å². The molecule has 0 atom stereocenters. The maximum atomic E-state index is 12.2. The second-order valence-electron chi connectivity index (χ2n) is 7.58. The maximum absolute atomic E-state index is 12.2. The fourth-order valence-corrected chi connectivity index (χ4v) is 3.81. The molecule has 0 radical (unpaired) electrons. The number of methoxy groups -OCH3 is 1. The van der Waals surface area contributed by atoms with E-state index in [0.29, 0.717) is 19.7 Å². The molecule has 3 aromatic rings.